The van der Waals surface area contributed by atoms with Gasteiger partial charge in [-0.25, -0.2) is 9.37 Å². The molecule has 3 heterocycles. The second-order valence-corrected chi connectivity index (χ2v) is 7.48. The van der Waals surface area contributed by atoms with Crippen LogP contribution in [0.25, 0.3) is 0 Å². The maximum Gasteiger partial charge on any atom is 0.257 e. The molecule has 1 aliphatic heterocycles. The smallest absolute Gasteiger partial charge is 0.257 e. The topological polar surface area (TPSA) is 51.3 Å². The van der Waals surface area contributed by atoms with Gasteiger partial charge >= 0.3 is 0 Å². The minimum Gasteiger partial charge on any atom is -0.472 e. The summed E-state index contributed by atoms with van der Waals surface area (Å²) < 4.78 is 20.4. The number of carbonyl (C=O) groups is 1. The molecule has 146 valence electrons. The van der Waals surface area contributed by atoms with E-state index in [1.54, 1.807) is 6.07 Å². The van der Waals surface area contributed by atoms with E-state index in [9.17, 15) is 9.18 Å². The highest BCUT2D eigenvalue weighted by Gasteiger charge is 2.25. The number of piperidine rings is 1. The summed E-state index contributed by atoms with van der Waals surface area (Å²) in [5.41, 5.74) is 2.78. The Hall–Kier alpha value is -2.89. The first kappa shape index (κ1) is 18.5. The van der Waals surface area contributed by atoms with Crippen LogP contribution in [0.3, 0.4) is 0 Å². The number of carbonyl (C=O) groups excluding carboxylic acids is 1. The Morgan fingerprint density at radius 2 is 1.96 bits per heavy atom. The molecule has 1 amide bonds. The first-order chi connectivity index (χ1) is 13.6. The Morgan fingerprint density at radius 1 is 1.21 bits per heavy atom. The molecule has 2 aromatic heterocycles. The first-order valence-electron chi connectivity index (χ1n) is 9.67. The Bertz CT molecular complexity index is 923. The summed E-state index contributed by atoms with van der Waals surface area (Å²) in [5.74, 6) is 1.38. The van der Waals surface area contributed by atoms with Crippen LogP contribution in [0.15, 0.2) is 53.5 Å². The van der Waals surface area contributed by atoms with Crippen LogP contribution in [0.2, 0.25) is 0 Å². The van der Waals surface area contributed by atoms with E-state index in [0.717, 1.165) is 49.4 Å². The molecule has 0 saturated carbocycles. The molecule has 0 radical (unpaired) electrons. The first-order valence-corrected chi connectivity index (χ1v) is 9.67. The van der Waals surface area contributed by atoms with E-state index in [1.807, 2.05) is 30.2 Å². The van der Waals surface area contributed by atoms with E-state index >= 15 is 0 Å². The summed E-state index contributed by atoms with van der Waals surface area (Å²) in [6.45, 7) is 4.25. The standard InChI is InChI=1S/C22H24FN3O2/c1-16-13-24-21(26(16)14-18-2-4-20(23)5-3-18)12-17-6-9-25(10-7-17)22(27)19-8-11-28-15-19/h2-5,8,11,13,15,17H,6-7,9-10,12,14H2,1H3. The number of hydrogen-bond acceptors (Lipinski definition) is 3. The quantitative estimate of drug-likeness (QED) is 0.670. The van der Waals surface area contributed by atoms with Gasteiger partial charge in [-0.3, -0.25) is 4.79 Å². The van der Waals surface area contributed by atoms with Gasteiger partial charge in [0, 0.05) is 37.9 Å². The second-order valence-electron chi connectivity index (χ2n) is 7.48. The molecule has 1 aliphatic rings. The van der Waals surface area contributed by atoms with Crippen molar-refractivity contribution in [1.29, 1.82) is 0 Å². The molecule has 4 rings (SSSR count). The summed E-state index contributed by atoms with van der Waals surface area (Å²) >= 11 is 0. The van der Waals surface area contributed by atoms with Crippen molar-refractivity contribution in [2.75, 3.05) is 13.1 Å². The predicted molar refractivity (Wildman–Crippen MR) is 104 cm³/mol. The van der Waals surface area contributed by atoms with Gasteiger partial charge in [0.25, 0.3) is 5.91 Å². The molecular weight excluding hydrogens is 357 g/mol. The van der Waals surface area contributed by atoms with Crippen LogP contribution in [-0.4, -0.2) is 33.4 Å². The van der Waals surface area contributed by atoms with E-state index in [-0.39, 0.29) is 11.7 Å². The van der Waals surface area contributed by atoms with Crippen LogP contribution in [0.5, 0.6) is 0 Å². The number of halogens is 1. The van der Waals surface area contributed by atoms with E-state index in [2.05, 4.69) is 9.55 Å². The van der Waals surface area contributed by atoms with Crippen molar-refractivity contribution in [3.63, 3.8) is 0 Å². The van der Waals surface area contributed by atoms with Crippen molar-refractivity contribution in [2.45, 2.75) is 32.7 Å². The van der Waals surface area contributed by atoms with Gasteiger partial charge in [-0.05, 0) is 49.4 Å². The number of rotatable bonds is 5. The highest BCUT2D eigenvalue weighted by molar-refractivity contribution is 5.93. The maximum atomic E-state index is 13.2. The second kappa shape index (κ2) is 8.00. The van der Waals surface area contributed by atoms with E-state index in [4.69, 9.17) is 4.42 Å². The van der Waals surface area contributed by atoms with Crippen LogP contribution in [-0.2, 0) is 13.0 Å². The summed E-state index contributed by atoms with van der Waals surface area (Å²) in [6.07, 6.45) is 7.75. The lowest BCUT2D eigenvalue weighted by molar-refractivity contribution is 0.0689. The van der Waals surface area contributed by atoms with Gasteiger partial charge in [-0.2, -0.15) is 0 Å². The molecule has 3 aromatic rings. The summed E-state index contributed by atoms with van der Waals surface area (Å²) in [7, 11) is 0. The molecule has 5 nitrogen and oxygen atoms in total. The lowest BCUT2D eigenvalue weighted by Gasteiger charge is -2.31. The highest BCUT2D eigenvalue weighted by atomic mass is 19.1. The molecule has 6 heteroatoms. The van der Waals surface area contributed by atoms with E-state index < -0.39 is 0 Å². The lowest BCUT2D eigenvalue weighted by atomic mass is 9.93. The number of benzene rings is 1. The average molecular weight is 381 g/mol. The molecule has 0 aliphatic carbocycles. The fourth-order valence-corrected chi connectivity index (χ4v) is 3.83. The number of aromatic nitrogens is 2. The fraction of sp³-hybridized carbons (Fsp3) is 0.364. The van der Waals surface area contributed by atoms with Gasteiger partial charge in [0.1, 0.15) is 17.9 Å². The van der Waals surface area contributed by atoms with Gasteiger partial charge in [-0.1, -0.05) is 12.1 Å². The molecule has 0 bridgehead atoms. The molecule has 0 N–H and O–H groups in total. The Kier molecular flexibility index (Phi) is 5.28. The Balaban J connectivity index is 1.38. The Labute approximate surface area is 163 Å². The molecule has 1 fully saturated rings. The zero-order chi connectivity index (χ0) is 19.5. The molecule has 0 unspecified atom stereocenters. The van der Waals surface area contributed by atoms with E-state index in [1.165, 1.54) is 24.7 Å². The summed E-state index contributed by atoms with van der Waals surface area (Å²) in [4.78, 5) is 18.9. The van der Waals surface area contributed by atoms with Gasteiger partial charge in [0.05, 0.1) is 11.8 Å². The average Bonchev–Trinajstić information content (AvgIpc) is 3.36. The third-order valence-corrected chi connectivity index (χ3v) is 5.53. The predicted octanol–water partition coefficient (Wildman–Crippen LogP) is 4.07. The number of imidazole rings is 1. The zero-order valence-electron chi connectivity index (χ0n) is 16.0. The lowest BCUT2D eigenvalue weighted by Crippen LogP contribution is -2.39. The number of likely N-dealkylation sites (tertiary alicyclic amines) is 1. The van der Waals surface area contributed by atoms with Crippen molar-refractivity contribution in [3.8, 4) is 0 Å². The fourth-order valence-electron chi connectivity index (χ4n) is 3.83. The van der Waals surface area contributed by atoms with Crippen molar-refractivity contribution in [2.24, 2.45) is 5.92 Å². The molecule has 0 atom stereocenters. The number of aryl methyl sites for hydroxylation is 1. The third-order valence-electron chi connectivity index (χ3n) is 5.53. The number of amides is 1. The largest absolute Gasteiger partial charge is 0.472 e. The molecule has 1 aromatic carbocycles. The van der Waals surface area contributed by atoms with Gasteiger partial charge in [-0.15, -0.1) is 0 Å². The normalized spacial score (nSPS) is 15.1. The van der Waals surface area contributed by atoms with Crippen LogP contribution in [0, 0.1) is 18.7 Å². The van der Waals surface area contributed by atoms with Gasteiger partial charge < -0.3 is 13.9 Å². The molecule has 0 spiro atoms. The minimum absolute atomic E-state index is 0.0425. The van der Waals surface area contributed by atoms with Crippen LogP contribution >= 0.6 is 0 Å². The zero-order valence-corrected chi connectivity index (χ0v) is 16.0. The number of furan rings is 1. The summed E-state index contributed by atoms with van der Waals surface area (Å²) in [5, 5.41) is 0. The van der Waals surface area contributed by atoms with Crippen molar-refractivity contribution < 1.29 is 13.6 Å². The van der Waals surface area contributed by atoms with Crippen molar-refractivity contribution >= 4 is 5.91 Å². The SMILES string of the molecule is Cc1cnc(CC2CCN(C(=O)c3ccoc3)CC2)n1Cc1ccc(F)cc1. The van der Waals surface area contributed by atoms with E-state index in [0.29, 0.717) is 18.0 Å². The minimum atomic E-state index is -0.219. The maximum absolute atomic E-state index is 13.2. The monoisotopic (exact) mass is 381 g/mol. The molecule has 28 heavy (non-hydrogen) atoms. The third kappa shape index (κ3) is 4.01. The van der Waals surface area contributed by atoms with Crippen LogP contribution in [0.1, 0.15) is 40.3 Å². The Morgan fingerprint density at radius 3 is 2.64 bits per heavy atom. The molecular formula is C22H24FN3O2. The number of hydrogen-bond donors (Lipinski definition) is 0. The molecule has 1 saturated heterocycles. The van der Waals surface area contributed by atoms with Crippen molar-refractivity contribution in [3.05, 3.63) is 77.5 Å². The van der Waals surface area contributed by atoms with Gasteiger partial charge in [0.2, 0.25) is 0 Å². The highest BCUT2D eigenvalue weighted by Crippen LogP contribution is 2.23. The van der Waals surface area contributed by atoms with Gasteiger partial charge in [0.15, 0.2) is 0 Å². The summed E-state index contributed by atoms with van der Waals surface area (Å²) in [6, 6.07) is 8.34. The van der Waals surface area contributed by atoms with Crippen LogP contribution in [0.4, 0.5) is 4.39 Å². The van der Waals surface area contributed by atoms with Crippen LogP contribution < -0.4 is 0 Å². The van der Waals surface area contributed by atoms with Crippen molar-refractivity contribution in [1.82, 2.24) is 14.5 Å². The number of nitrogens with zero attached hydrogens (tertiary/aromatic N) is 3.